The first-order chi connectivity index (χ1) is 9.02. The van der Waals surface area contributed by atoms with E-state index in [1.165, 1.54) is 16.8 Å². The molecule has 0 saturated carbocycles. The van der Waals surface area contributed by atoms with Gasteiger partial charge in [0.1, 0.15) is 6.04 Å². The fourth-order valence-corrected chi connectivity index (χ4v) is 1.71. The Hall–Kier alpha value is -2.44. The largest absolute Gasteiger partial charge is 0.464 e. The lowest BCUT2D eigenvalue weighted by Gasteiger charge is -2.10. The fourth-order valence-electron chi connectivity index (χ4n) is 1.71. The van der Waals surface area contributed by atoms with Crippen LogP contribution in [-0.2, 0) is 9.53 Å². The standard InChI is InChI=1S/C12H13N3O4/c1-3-19-12(16)8(2)14-7-9-4-5-10(15(17)18)6-11(9)13-14/h4-8H,3H2,1-2H3. The van der Waals surface area contributed by atoms with E-state index in [0.717, 1.165) is 5.39 Å². The Morgan fingerprint density at radius 2 is 2.32 bits per heavy atom. The number of ether oxygens (including phenoxy) is 1. The van der Waals surface area contributed by atoms with Crippen molar-refractivity contribution < 1.29 is 14.5 Å². The lowest BCUT2D eigenvalue weighted by Crippen LogP contribution is -2.19. The summed E-state index contributed by atoms with van der Waals surface area (Å²) in [4.78, 5) is 21.8. The molecule has 19 heavy (non-hydrogen) atoms. The van der Waals surface area contributed by atoms with Crippen molar-refractivity contribution in [1.82, 2.24) is 9.78 Å². The molecule has 0 aliphatic heterocycles. The zero-order valence-corrected chi connectivity index (χ0v) is 10.6. The molecule has 1 aromatic heterocycles. The van der Waals surface area contributed by atoms with Crippen molar-refractivity contribution in [3.63, 3.8) is 0 Å². The van der Waals surface area contributed by atoms with Crippen LogP contribution < -0.4 is 0 Å². The van der Waals surface area contributed by atoms with Crippen molar-refractivity contribution in [2.24, 2.45) is 0 Å². The predicted octanol–water partition coefficient (Wildman–Crippen LogP) is 2.07. The number of esters is 1. The number of nitro benzene ring substituents is 1. The molecule has 0 aliphatic rings. The monoisotopic (exact) mass is 263 g/mol. The molecular formula is C12H13N3O4. The Morgan fingerprint density at radius 3 is 2.95 bits per heavy atom. The molecule has 0 N–H and O–H groups in total. The zero-order chi connectivity index (χ0) is 14.0. The number of carbonyl (C=O) groups excluding carboxylic acids is 1. The van der Waals surface area contributed by atoms with Crippen LogP contribution in [0.1, 0.15) is 19.9 Å². The molecule has 1 aromatic carbocycles. The van der Waals surface area contributed by atoms with Crippen LogP contribution in [0.3, 0.4) is 0 Å². The number of hydrogen-bond donors (Lipinski definition) is 0. The van der Waals surface area contributed by atoms with Crippen molar-refractivity contribution >= 4 is 22.6 Å². The second-order valence-corrected chi connectivity index (χ2v) is 4.04. The summed E-state index contributed by atoms with van der Waals surface area (Å²) >= 11 is 0. The number of benzene rings is 1. The highest BCUT2D eigenvalue weighted by Gasteiger charge is 2.18. The maximum atomic E-state index is 11.6. The van der Waals surface area contributed by atoms with Gasteiger partial charge in [0, 0.05) is 23.7 Å². The Kier molecular flexibility index (Phi) is 3.46. The number of rotatable bonds is 4. The lowest BCUT2D eigenvalue weighted by molar-refractivity contribution is -0.384. The molecule has 1 unspecified atom stereocenters. The van der Waals surface area contributed by atoms with Crippen LogP contribution in [0.25, 0.3) is 10.9 Å². The van der Waals surface area contributed by atoms with Crippen LogP contribution >= 0.6 is 0 Å². The van der Waals surface area contributed by atoms with Gasteiger partial charge in [-0.05, 0) is 19.9 Å². The first-order valence-corrected chi connectivity index (χ1v) is 5.83. The smallest absolute Gasteiger partial charge is 0.330 e. The van der Waals surface area contributed by atoms with Crippen molar-refractivity contribution in [3.05, 3.63) is 34.5 Å². The van der Waals surface area contributed by atoms with Gasteiger partial charge >= 0.3 is 5.97 Å². The molecule has 2 aromatic rings. The van der Waals surface area contributed by atoms with E-state index < -0.39 is 11.0 Å². The Bertz CT molecular complexity index is 635. The van der Waals surface area contributed by atoms with E-state index in [1.807, 2.05) is 0 Å². The van der Waals surface area contributed by atoms with E-state index >= 15 is 0 Å². The van der Waals surface area contributed by atoms with E-state index in [4.69, 9.17) is 4.74 Å². The molecule has 2 rings (SSSR count). The number of carbonyl (C=O) groups is 1. The summed E-state index contributed by atoms with van der Waals surface area (Å²) in [6, 6.07) is 3.83. The van der Waals surface area contributed by atoms with Crippen molar-refractivity contribution in [2.75, 3.05) is 6.61 Å². The van der Waals surface area contributed by atoms with Crippen LogP contribution in [0.15, 0.2) is 24.4 Å². The summed E-state index contributed by atoms with van der Waals surface area (Å²) in [5.74, 6) is -0.384. The molecule has 0 amide bonds. The number of fused-ring (bicyclic) bond motifs is 1. The number of aromatic nitrogens is 2. The van der Waals surface area contributed by atoms with Crippen LogP contribution in [-0.4, -0.2) is 27.3 Å². The fraction of sp³-hybridized carbons (Fsp3) is 0.333. The zero-order valence-electron chi connectivity index (χ0n) is 10.6. The Balaban J connectivity index is 2.36. The topological polar surface area (TPSA) is 87.3 Å². The van der Waals surface area contributed by atoms with Gasteiger partial charge in [-0.1, -0.05) is 0 Å². The van der Waals surface area contributed by atoms with Gasteiger partial charge in [-0.3, -0.25) is 14.8 Å². The molecule has 100 valence electrons. The number of hydrogen-bond acceptors (Lipinski definition) is 5. The lowest BCUT2D eigenvalue weighted by atomic mass is 10.2. The van der Waals surface area contributed by atoms with E-state index in [1.54, 1.807) is 26.1 Å². The minimum absolute atomic E-state index is 0.0264. The molecule has 0 aliphatic carbocycles. The van der Waals surface area contributed by atoms with Gasteiger partial charge in [-0.25, -0.2) is 4.79 Å². The van der Waals surface area contributed by atoms with Crippen LogP contribution in [0, 0.1) is 10.1 Å². The third kappa shape index (κ3) is 2.54. The maximum Gasteiger partial charge on any atom is 0.330 e. The Morgan fingerprint density at radius 1 is 1.58 bits per heavy atom. The van der Waals surface area contributed by atoms with Gasteiger partial charge in [-0.15, -0.1) is 0 Å². The summed E-state index contributed by atoms with van der Waals surface area (Å²) in [6.45, 7) is 3.70. The molecule has 0 fully saturated rings. The SMILES string of the molecule is CCOC(=O)C(C)n1cc2ccc([N+](=O)[O-])cc2n1. The van der Waals surface area contributed by atoms with Gasteiger partial charge in [0.25, 0.3) is 5.69 Å². The van der Waals surface area contributed by atoms with Gasteiger partial charge in [-0.2, -0.15) is 5.10 Å². The summed E-state index contributed by atoms with van der Waals surface area (Å²) in [7, 11) is 0. The van der Waals surface area contributed by atoms with Crippen LogP contribution in [0.2, 0.25) is 0 Å². The van der Waals surface area contributed by atoms with Gasteiger partial charge in [0.2, 0.25) is 0 Å². The Labute approximate surface area is 108 Å². The highest BCUT2D eigenvalue weighted by Crippen LogP contribution is 2.21. The van der Waals surface area contributed by atoms with Crippen LogP contribution in [0.5, 0.6) is 0 Å². The third-order valence-corrected chi connectivity index (χ3v) is 2.74. The molecule has 7 heteroatoms. The second kappa shape index (κ2) is 5.05. The quantitative estimate of drug-likeness (QED) is 0.478. The van der Waals surface area contributed by atoms with Gasteiger partial charge < -0.3 is 4.74 Å². The normalized spacial score (nSPS) is 12.3. The van der Waals surface area contributed by atoms with Crippen LogP contribution in [0.4, 0.5) is 5.69 Å². The van der Waals surface area contributed by atoms with E-state index in [-0.39, 0.29) is 11.7 Å². The molecule has 0 radical (unpaired) electrons. The van der Waals surface area contributed by atoms with E-state index in [0.29, 0.717) is 12.1 Å². The number of nitro groups is 1. The predicted molar refractivity (Wildman–Crippen MR) is 67.7 cm³/mol. The molecule has 1 heterocycles. The second-order valence-electron chi connectivity index (χ2n) is 4.04. The van der Waals surface area contributed by atoms with Crippen molar-refractivity contribution in [1.29, 1.82) is 0 Å². The molecular weight excluding hydrogens is 250 g/mol. The maximum absolute atomic E-state index is 11.6. The first-order valence-electron chi connectivity index (χ1n) is 5.83. The average Bonchev–Trinajstić information content (AvgIpc) is 2.80. The summed E-state index contributed by atoms with van der Waals surface area (Å²) < 4.78 is 6.36. The molecule has 1 atom stereocenters. The van der Waals surface area contributed by atoms with Crippen molar-refractivity contribution in [3.8, 4) is 0 Å². The molecule has 0 bridgehead atoms. The minimum atomic E-state index is -0.564. The van der Waals surface area contributed by atoms with E-state index in [2.05, 4.69) is 5.10 Å². The van der Waals surface area contributed by atoms with Crippen molar-refractivity contribution in [2.45, 2.75) is 19.9 Å². The van der Waals surface area contributed by atoms with Gasteiger partial charge in [0.15, 0.2) is 0 Å². The summed E-state index contributed by atoms with van der Waals surface area (Å²) in [5.41, 5.74) is 0.451. The molecule has 0 spiro atoms. The number of nitrogens with zero attached hydrogens (tertiary/aromatic N) is 3. The molecule has 7 nitrogen and oxygen atoms in total. The number of non-ortho nitro benzene ring substituents is 1. The van der Waals surface area contributed by atoms with Gasteiger partial charge in [0.05, 0.1) is 17.0 Å². The minimum Gasteiger partial charge on any atom is -0.464 e. The first kappa shape index (κ1) is 13.0. The highest BCUT2D eigenvalue weighted by atomic mass is 16.6. The summed E-state index contributed by atoms with van der Waals surface area (Å²) in [6.07, 6.45) is 1.67. The molecule has 0 saturated heterocycles. The van der Waals surface area contributed by atoms with E-state index in [9.17, 15) is 14.9 Å². The average molecular weight is 263 g/mol. The third-order valence-electron chi connectivity index (χ3n) is 2.74. The highest BCUT2D eigenvalue weighted by molar-refractivity contribution is 5.81. The summed E-state index contributed by atoms with van der Waals surface area (Å²) in [5, 5.41) is 15.6.